The largest absolute Gasteiger partial charge is 0.468 e. The fourth-order valence-corrected chi connectivity index (χ4v) is 5.01. The van der Waals surface area contributed by atoms with Gasteiger partial charge < -0.3 is 10.1 Å². The van der Waals surface area contributed by atoms with Crippen molar-refractivity contribution in [2.45, 2.75) is 57.5 Å². The highest BCUT2D eigenvalue weighted by Gasteiger charge is 2.54. The normalized spacial score (nSPS) is 42.9. The van der Waals surface area contributed by atoms with Gasteiger partial charge in [0.15, 0.2) is 0 Å². The van der Waals surface area contributed by atoms with E-state index in [1.54, 1.807) is 0 Å². The summed E-state index contributed by atoms with van der Waals surface area (Å²) in [6.45, 7) is 2.06. The van der Waals surface area contributed by atoms with Gasteiger partial charge in [0.1, 0.15) is 6.04 Å². The van der Waals surface area contributed by atoms with Crippen molar-refractivity contribution in [3.8, 4) is 0 Å². The first-order valence-corrected chi connectivity index (χ1v) is 7.58. The fourth-order valence-electron chi connectivity index (χ4n) is 5.01. The molecule has 3 aliphatic rings. The highest BCUT2D eigenvalue weighted by atomic mass is 16.5. The number of hydrogen-bond acceptors (Lipinski definition) is 3. The number of methoxy groups -OCH3 is 1. The minimum atomic E-state index is -0.0980. The number of rotatable bonds is 4. The van der Waals surface area contributed by atoms with Crippen molar-refractivity contribution < 1.29 is 9.53 Å². The van der Waals surface area contributed by atoms with Crippen LogP contribution in [0.5, 0.6) is 0 Å². The van der Waals surface area contributed by atoms with Crippen LogP contribution >= 0.6 is 0 Å². The molecule has 6 atom stereocenters. The van der Waals surface area contributed by atoms with Crippen LogP contribution in [0, 0.1) is 23.7 Å². The molecule has 18 heavy (non-hydrogen) atoms. The van der Waals surface area contributed by atoms with Gasteiger partial charge >= 0.3 is 5.97 Å². The second-order valence-corrected chi connectivity index (χ2v) is 6.41. The Morgan fingerprint density at radius 1 is 1.28 bits per heavy atom. The van der Waals surface area contributed by atoms with E-state index in [4.69, 9.17) is 4.74 Å². The average Bonchev–Trinajstić information content (AvgIpc) is 3.06. The summed E-state index contributed by atoms with van der Waals surface area (Å²) in [4.78, 5) is 11.7. The Labute approximate surface area is 110 Å². The molecule has 3 heteroatoms. The van der Waals surface area contributed by atoms with Crippen molar-refractivity contribution in [3.05, 3.63) is 0 Å². The van der Waals surface area contributed by atoms with Gasteiger partial charge in [0.05, 0.1) is 7.11 Å². The molecule has 1 N–H and O–H groups in total. The summed E-state index contributed by atoms with van der Waals surface area (Å²) in [5.41, 5.74) is 0. The van der Waals surface area contributed by atoms with Crippen LogP contribution in [0.3, 0.4) is 0 Å². The Bertz CT molecular complexity index is 330. The van der Waals surface area contributed by atoms with E-state index in [1.165, 1.54) is 39.2 Å². The molecule has 3 saturated carbocycles. The minimum Gasteiger partial charge on any atom is -0.468 e. The zero-order valence-corrected chi connectivity index (χ0v) is 11.5. The van der Waals surface area contributed by atoms with Crippen molar-refractivity contribution in [2.75, 3.05) is 7.11 Å². The van der Waals surface area contributed by atoms with Gasteiger partial charge in [-0.2, -0.15) is 0 Å². The Hall–Kier alpha value is -0.570. The summed E-state index contributed by atoms with van der Waals surface area (Å²) in [6.07, 6.45) is 7.85. The van der Waals surface area contributed by atoms with Crippen LogP contribution in [0.4, 0.5) is 0 Å². The Morgan fingerprint density at radius 3 is 2.78 bits per heavy atom. The van der Waals surface area contributed by atoms with Gasteiger partial charge in [-0.1, -0.05) is 13.3 Å². The van der Waals surface area contributed by atoms with Crippen LogP contribution in [0.15, 0.2) is 0 Å². The standard InChI is InChI=1S/C15H25NO2/c1-3-13(15(17)18-2)16-14-8-9-7-12(14)11-6-4-5-10(9)11/h9-14,16H,3-8H2,1-2H3. The van der Waals surface area contributed by atoms with E-state index in [9.17, 15) is 4.79 Å². The van der Waals surface area contributed by atoms with E-state index in [0.29, 0.717) is 6.04 Å². The van der Waals surface area contributed by atoms with Crippen molar-refractivity contribution in [3.63, 3.8) is 0 Å². The Kier molecular flexibility index (Phi) is 3.35. The predicted molar refractivity (Wildman–Crippen MR) is 70.1 cm³/mol. The van der Waals surface area contributed by atoms with Crippen molar-refractivity contribution in [1.29, 1.82) is 0 Å². The van der Waals surface area contributed by atoms with E-state index < -0.39 is 0 Å². The summed E-state index contributed by atoms with van der Waals surface area (Å²) in [7, 11) is 1.49. The molecule has 3 rings (SSSR count). The highest BCUT2D eigenvalue weighted by Crippen LogP contribution is 2.58. The summed E-state index contributed by atoms with van der Waals surface area (Å²) in [6, 6.07) is 0.470. The van der Waals surface area contributed by atoms with Crippen LogP contribution in [0.1, 0.15) is 45.4 Å². The Balaban J connectivity index is 1.63. The fraction of sp³-hybridized carbons (Fsp3) is 0.933. The van der Waals surface area contributed by atoms with Gasteiger partial charge in [-0.05, 0) is 55.8 Å². The molecule has 3 nitrogen and oxygen atoms in total. The lowest BCUT2D eigenvalue weighted by atomic mass is 9.79. The lowest BCUT2D eigenvalue weighted by Crippen LogP contribution is -2.48. The maximum Gasteiger partial charge on any atom is 0.322 e. The third-order valence-electron chi connectivity index (χ3n) is 5.74. The van der Waals surface area contributed by atoms with Crippen molar-refractivity contribution >= 4 is 5.97 Å². The van der Waals surface area contributed by atoms with Crippen LogP contribution in [-0.2, 0) is 9.53 Å². The molecule has 0 aliphatic heterocycles. The van der Waals surface area contributed by atoms with Crippen molar-refractivity contribution in [1.82, 2.24) is 5.32 Å². The Morgan fingerprint density at radius 2 is 2.06 bits per heavy atom. The molecule has 0 saturated heterocycles. The average molecular weight is 251 g/mol. The quantitative estimate of drug-likeness (QED) is 0.779. The zero-order valence-electron chi connectivity index (χ0n) is 11.5. The predicted octanol–water partition coefficient (Wildman–Crippen LogP) is 2.35. The molecule has 3 aliphatic carbocycles. The van der Waals surface area contributed by atoms with Crippen LogP contribution in [0.2, 0.25) is 0 Å². The molecule has 0 aromatic rings. The monoisotopic (exact) mass is 251 g/mol. The van der Waals surface area contributed by atoms with Gasteiger partial charge in [-0.15, -0.1) is 0 Å². The van der Waals surface area contributed by atoms with Crippen LogP contribution in [0.25, 0.3) is 0 Å². The maximum absolute atomic E-state index is 11.7. The van der Waals surface area contributed by atoms with E-state index >= 15 is 0 Å². The smallest absolute Gasteiger partial charge is 0.322 e. The lowest BCUT2D eigenvalue weighted by molar-refractivity contribution is -0.143. The van der Waals surface area contributed by atoms with Gasteiger partial charge in [-0.25, -0.2) is 0 Å². The molecule has 0 aromatic heterocycles. The van der Waals surface area contributed by atoms with Crippen LogP contribution < -0.4 is 5.32 Å². The maximum atomic E-state index is 11.7. The van der Waals surface area contributed by atoms with E-state index in [0.717, 1.165) is 30.1 Å². The third kappa shape index (κ3) is 1.87. The molecule has 102 valence electrons. The molecule has 0 radical (unpaired) electrons. The number of hydrogen-bond donors (Lipinski definition) is 1. The summed E-state index contributed by atoms with van der Waals surface area (Å²) in [5.74, 6) is 3.65. The lowest BCUT2D eigenvalue weighted by Gasteiger charge is -2.34. The van der Waals surface area contributed by atoms with E-state index in [-0.39, 0.29) is 12.0 Å². The zero-order chi connectivity index (χ0) is 12.7. The topological polar surface area (TPSA) is 38.3 Å². The number of fused-ring (bicyclic) bond motifs is 5. The number of nitrogens with one attached hydrogen (secondary N) is 1. The minimum absolute atomic E-state index is 0.0942. The van der Waals surface area contributed by atoms with E-state index in [2.05, 4.69) is 12.2 Å². The second kappa shape index (κ2) is 4.84. The molecule has 0 amide bonds. The first-order chi connectivity index (χ1) is 8.74. The molecule has 6 unspecified atom stereocenters. The van der Waals surface area contributed by atoms with Crippen LogP contribution in [-0.4, -0.2) is 25.2 Å². The first kappa shape index (κ1) is 12.5. The molecular weight excluding hydrogens is 226 g/mol. The molecule has 0 aromatic carbocycles. The number of carbonyl (C=O) groups is 1. The molecule has 0 heterocycles. The van der Waals surface area contributed by atoms with Crippen molar-refractivity contribution in [2.24, 2.45) is 23.7 Å². The van der Waals surface area contributed by atoms with Gasteiger partial charge in [0.2, 0.25) is 0 Å². The van der Waals surface area contributed by atoms with Gasteiger partial charge in [0, 0.05) is 6.04 Å². The second-order valence-electron chi connectivity index (χ2n) is 6.41. The third-order valence-corrected chi connectivity index (χ3v) is 5.74. The highest BCUT2D eigenvalue weighted by molar-refractivity contribution is 5.75. The first-order valence-electron chi connectivity index (χ1n) is 7.58. The molecule has 0 spiro atoms. The molecule has 2 bridgehead atoms. The number of carbonyl (C=O) groups excluding carboxylic acids is 1. The number of esters is 1. The van der Waals surface area contributed by atoms with Gasteiger partial charge in [-0.3, -0.25) is 4.79 Å². The summed E-state index contributed by atoms with van der Waals surface area (Å²) < 4.78 is 4.88. The van der Waals surface area contributed by atoms with E-state index in [1.807, 2.05) is 0 Å². The molecule has 3 fully saturated rings. The molecular formula is C15H25NO2. The van der Waals surface area contributed by atoms with Gasteiger partial charge in [0.25, 0.3) is 0 Å². The summed E-state index contributed by atoms with van der Waals surface area (Å²) in [5, 5.41) is 3.59. The SMILES string of the molecule is CCC(NC1CC2CC1C1CCCC21)C(=O)OC. The number of ether oxygens (including phenoxy) is 1. The summed E-state index contributed by atoms with van der Waals surface area (Å²) >= 11 is 0.